The Kier molecular flexibility index (Phi) is 5.47. The standard InChI is InChI=1S/C13H17BrO4/c1-8-7-9(5-4-6-10(15)16)13(18-3)11(14)12(8)17-2/h7H,4-6H2,1-3H3,(H,15,16). The van der Waals surface area contributed by atoms with Crippen molar-refractivity contribution < 1.29 is 19.4 Å². The molecule has 1 aromatic carbocycles. The molecule has 0 aliphatic heterocycles. The van der Waals surface area contributed by atoms with Gasteiger partial charge in [-0.15, -0.1) is 0 Å². The van der Waals surface area contributed by atoms with Crippen LogP contribution in [0.1, 0.15) is 24.0 Å². The third kappa shape index (κ3) is 3.38. The second-order valence-corrected chi connectivity index (χ2v) is 4.77. The largest absolute Gasteiger partial charge is 0.495 e. The van der Waals surface area contributed by atoms with Gasteiger partial charge < -0.3 is 14.6 Å². The van der Waals surface area contributed by atoms with Crippen LogP contribution in [0.3, 0.4) is 0 Å². The molecule has 0 bridgehead atoms. The number of hydrogen-bond donors (Lipinski definition) is 1. The van der Waals surface area contributed by atoms with Gasteiger partial charge in [-0.3, -0.25) is 4.79 Å². The number of methoxy groups -OCH3 is 2. The Morgan fingerprint density at radius 1 is 1.33 bits per heavy atom. The maximum atomic E-state index is 10.5. The Hall–Kier alpha value is -1.23. The summed E-state index contributed by atoms with van der Waals surface area (Å²) in [5, 5.41) is 8.65. The van der Waals surface area contributed by atoms with Crippen LogP contribution in [0.25, 0.3) is 0 Å². The highest BCUT2D eigenvalue weighted by Crippen LogP contribution is 2.40. The van der Waals surface area contributed by atoms with Crippen LogP contribution in [-0.4, -0.2) is 25.3 Å². The van der Waals surface area contributed by atoms with Gasteiger partial charge in [0.2, 0.25) is 0 Å². The van der Waals surface area contributed by atoms with Crippen LogP contribution in [0.5, 0.6) is 11.5 Å². The number of halogens is 1. The van der Waals surface area contributed by atoms with E-state index in [4.69, 9.17) is 14.6 Å². The van der Waals surface area contributed by atoms with Crippen LogP contribution in [0.15, 0.2) is 10.5 Å². The smallest absolute Gasteiger partial charge is 0.303 e. The average Bonchev–Trinajstić information content (AvgIpc) is 2.29. The molecule has 0 aliphatic carbocycles. The number of benzene rings is 1. The van der Waals surface area contributed by atoms with Gasteiger partial charge in [-0.05, 0) is 52.9 Å². The number of aliphatic carboxylic acids is 1. The molecule has 4 nitrogen and oxygen atoms in total. The van der Waals surface area contributed by atoms with Crippen molar-refractivity contribution in [1.29, 1.82) is 0 Å². The SMILES string of the molecule is COc1c(C)cc(CCCC(=O)O)c(OC)c1Br. The predicted molar refractivity (Wildman–Crippen MR) is 72.6 cm³/mol. The van der Waals surface area contributed by atoms with Crippen molar-refractivity contribution >= 4 is 21.9 Å². The summed E-state index contributed by atoms with van der Waals surface area (Å²) in [6.07, 6.45) is 1.41. The van der Waals surface area contributed by atoms with Gasteiger partial charge in [-0.1, -0.05) is 0 Å². The molecule has 0 saturated heterocycles. The molecule has 0 amide bonds. The minimum atomic E-state index is -0.779. The fourth-order valence-corrected chi connectivity index (χ4v) is 2.79. The molecular weight excluding hydrogens is 300 g/mol. The second kappa shape index (κ2) is 6.64. The van der Waals surface area contributed by atoms with Crippen molar-refractivity contribution in [1.82, 2.24) is 0 Å². The van der Waals surface area contributed by atoms with E-state index in [0.717, 1.165) is 21.3 Å². The Bertz CT molecular complexity index is 443. The van der Waals surface area contributed by atoms with Gasteiger partial charge in [-0.2, -0.15) is 0 Å². The van der Waals surface area contributed by atoms with Crippen molar-refractivity contribution in [3.8, 4) is 11.5 Å². The van der Waals surface area contributed by atoms with Crippen LogP contribution in [-0.2, 0) is 11.2 Å². The number of hydrogen-bond acceptors (Lipinski definition) is 3. The van der Waals surface area contributed by atoms with E-state index in [1.807, 2.05) is 13.0 Å². The van der Waals surface area contributed by atoms with Gasteiger partial charge in [0.15, 0.2) is 0 Å². The molecule has 0 fully saturated rings. The van der Waals surface area contributed by atoms with Gasteiger partial charge in [0.05, 0.1) is 14.2 Å². The highest BCUT2D eigenvalue weighted by Gasteiger charge is 2.15. The summed E-state index contributed by atoms with van der Waals surface area (Å²) in [6, 6.07) is 1.98. The molecule has 0 radical (unpaired) electrons. The van der Waals surface area contributed by atoms with Gasteiger partial charge in [0.25, 0.3) is 0 Å². The number of aryl methyl sites for hydroxylation is 2. The molecule has 1 N–H and O–H groups in total. The summed E-state index contributed by atoms with van der Waals surface area (Å²) < 4.78 is 11.4. The van der Waals surface area contributed by atoms with Gasteiger partial charge >= 0.3 is 5.97 Å². The minimum Gasteiger partial charge on any atom is -0.495 e. The van der Waals surface area contributed by atoms with E-state index in [1.165, 1.54) is 0 Å². The number of carbonyl (C=O) groups is 1. The van der Waals surface area contributed by atoms with Crippen molar-refractivity contribution in [3.63, 3.8) is 0 Å². The Balaban J connectivity index is 3.00. The van der Waals surface area contributed by atoms with Crippen molar-refractivity contribution in [2.45, 2.75) is 26.2 Å². The van der Waals surface area contributed by atoms with E-state index in [0.29, 0.717) is 18.6 Å². The molecule has 1 rings (SSSR count). The van der Waals surface area contributed by atoms with E-state index in [2.05, 4.69) is 15.9 Å². The second-order valence-electron chi connectivity index (χ2n) is 3.98. The lowest BCUT2D eigenvalue weighted by molar-refractivity contribution is -0.137. The lowest BCUT2D eigenvalue weighted by Crippen LogP contribution is -2.00. The molecule has 0 aliphatic rings. The lowest BCUT2D eigenvalue weighted by atomic mass is 10.0. The van der Waals surface area contributed by atoms with Crippen LogP contribution in [0, 0.1) is 6.92 Å². The number of carboxylic acids is 1. The zero-order valence-corrected chi connectivity index (χ0v) is 12.3. The topological polar surface area (TPSA) is 55.8 Å². The Morgan fingerprint density at radius 2 is 1.94 bits per heavy atom. The lowest BCUT2D eigenvalue weighted by Gasteiger charge is -2.15. The summed E-state index contributed by atoms with van der Waals surface area (Å²) in [5.41, 5.74) is 1.99. The molecule has 18 heavy (non-hydrogen) atoms. The molecule has 0 atom stereocenters. The predicted octanol–water partition coefficient (Wildman–Crippen LogP) is 3.18. The van der Waals surface area contributed by atoms with Crippen molar-refractivity contribution in [3.05, 3.63) is 21.7 Å². The molecule has 0 heterocycles. The Labute approximate surface area is 115 Å². The maximum absolute atomic E-state index is 10.5. The molecular formula is C13H17BrO4. The average molecular weight is 317 g/mol. The normalized spacial score (nSPS) is 10.2. The number of carboxylic acid groups (broad SMARTS) is 1. The van der Waals surface area contributed by atoms with Gasteiger partial charge in [0, 0.05) is 6.42 Å². The molecule has 5 heteroatoms. The van der Waals surface area contributed by atoms with Gasteiger partial charge in [-0.25, -0.2) is 0 Å². The van der Waals surface area contributed by atoms with E-state index in [1.54, 1.807) is 14.2 Å². The third-order valence-corrected chi connectivity index (χ3v) is 3.40. The molecule has 1 aromatic rings. The molecule has 0 unspecified atom stereocenters. The highest BCUT2D eigenvalue weighted by atomic mass is 79.9. The minimum absolute atomic E-state index is 0.159. The first-order valence-electron chi connectivity index (χ1n) is 5.63. The summed E-state index contributed by atoms with van der Waals surface area (Å²) in [5.74, 6) is 0.676. The van der Waals surface area contributed by atoms with Crippen LogP contribution in [0.4, 0.5) is 0 Å². The molecule has 100 valence electrons. The summed E-state index contributed by atoms with van der Waals surface area (Å²) in [6.45, 7) is 1.95. The summed E-state index contributed by atoms with van der Waals surface area (Å²) in [4.78, 5) is 10.5. The summed E-state index contributed by atoms with van der Waals surface area (Å²) >= 11 is 3.46. The highest BCUT2D eigenvalue weighted by molar-refractivity contribution is 9.10. The monoisotopic (exact) mass is 316 g/mol. The first-order chi connectivity index (χ1) is 8.51. The van der Waals surface area contributed by atoms with E-state index >= 15 is 0 Å². The van der Waals surface area contributed by atoms with Crippen LogP contribution in [0.2, 0.25) is 0 Å². The first-order valence-corrected chi connectivity index (χ1v) is 6.42. The van der Waals surface area contributed by atoms with E-state index in [-0.39, 0.29) is 6.42 Å². The maximum Gasteiger partial charge on any atom is 0.303 e. The van der Waals surface area contributed by atoms with Crippen LogP contribution < -0.4 is 9.47 Å². The fourth-order valence-electron chi connectivity index (χ4n) is 1.90. The van der Waals surface area contributed by atoms with Crippen molar-refractivity contribution in [2.24, 2.45) is 0 Å². The first kappa shape index (κ1) is 14.8. The third-order valence-electron chi connectivity index (χ3n) is 2.68. The molecule has 0 spiro atoms. The van der Waals surface area contributed by atoms with Gasteiger partial charge in [0.1, 0.15) is 16.0 Å². The van der Waals surface area contributed by atoms with E-state index in [9.17, 15) is 4.79 Å². The quantitative estimate of drug-likeness (QED) is 0.875. The Morgan fingerprint density at radius 3 is 2.44 bits per heavy atom. The molecule has 0 saturated carbocycles. The van der Waals surface area contributed by atoms with Crippen LogP contribution >= 0.6 is 15.9 Å². The zero-order chi connectivity index (χ0) is 13.7. The summed E-state index contributed by atoms with van der Waals surface area (Å²) in [7, 11) is 3.20. The molecule has 0 aromatic heterocycles. The zero-order valence-electron chi connectivity index (χ0n) is 10.7. The van der Waals surface area contributed by atoms with Crippen molar-refractivity contribution in [2.75, 3.05) is 14.2 Å². The van der Waals surface area contributed by atoms with E-state index < -0.39 is 5.97 Å². The fraction of sp³-hybridized carbons (Fsp3) is 0.462. The number of rotatable bonds is 6. The number of ether oxygens (including phenoxy) is 2.